The summed E-state index contributed by atoms with van der Waals surface area (Å²) in [7, 11) is 0. The van der Waals surface area contributed by atoms with Crippen molar-refractivity contribution in [2.45, 2.75) is 57.6 Å². The zero-order valence-corrected chi connectivity index (χ0v) is 23.3. The summed E-state index contributed by atoms with van der Waals surface area (Å²) >= 11 is 0. The molecule has 0 aliphatic carbocycles. The Bertz CT molecular complexity index is 1600. The second-order valence-electron chi connectivity index (χ2n) is 10.8. The van der Waals surface area contributed by atoms with Crippen LogP contribution in [0, 0.1) is 5.82 Å². The maximum Gasteiger partial charge on any atom is 0.335 e. The number of carboxylic acids is 1. The van der Waals surface area contributed by atoms with Crippen molar-refractivity contribution >= 4 is 17.0 Å². The van der Waals surface area contributed by atoms with Crippen LogP contribution >= 0.6 is 0 Å². The Hall–Kier alpha value is -4.16. The number of aromatic nitrogens is 3. The number of hydrogen-bond donors (Lipinski definition) is 1. The number of carbonyl (C=O) groups is 1. The van der Waals surface area contributed by atoms with E-state index >= 15 is 0 Å². The standard InChI is InChI=1S/C31H31F3N4O5/c32-20-2-4-28(25(14-20)30(33)34)42-18-21-15-23(5-9-35-21)43-22-6-10-37(11-7-22)17-29-36-26-3-1-19(31(39)40)13-27(26)38(29)16-24-8-12-41-24/h1-5,9,13-15,22,24,30H,6-8,10-12,16-18H2,(H,39,40)/t24-/m0/s1. The minimum atomic E-state index is -2.86. The number of alkyl halides is 2. The first-order valence-corrected chi connectivity index (χ1v) is 14.2. The number of imidazole rings is 1. The minimum Gasteiger partial charge on any atom is -0.490 e. The molecule has 0 radical (unpaired) electrons. The van der Waals surface area contributed by atoms with E-state index in [1.54, 1.807) is 36.5 Å². The molecule has 2 saturated heterocycles. The van der Waals surface area contributed by atoms with Crippen LogP contribution in [0.15, 0.2) is 54.7 Å². The molecule has 6 rings (SSSR count). The number of carboxylic acid groups (broad SMARTS) is 1. The summed E-state index contributed by atoms with van der Waals surface area (Å²) < 4.78 is 59.4. The van der Waals surface area contributed by atoms with Crippen molar-refractivity contribution in [2.24, 2.45) is 0 Å². The van der Waals surface area contributed by atoms with Crippen LogP contribution in [-0.2, 0) is 24.4 Å². The topological polar surface area (TPSA) is 98.9 Å². The molecule has 0 unspecified atom stereocenters. The van der Waals surface area contributed by atoms with E-state index in [1.165, 1.54) is 6.07 Å². The number of fused-ring (bicyclic) bond motifs is 1. The molecular weight excluding hydrogens is 565 g/mol. The van der Waals surface area contributed by atoms with Crippen molar-refractivity contribution in [3.8, 4) is 11.5 Å². The Morgan fingerprint density at radius 3 is 2.63 bits per heavy atom. The number of ether oxygens (including phenoxy) is 3. The first-order valence-electron chi connectivity index (χ1n) is 14.2. The molecule has 1 N–H and O–H groups in total. The molecule has 2 aliphatic heterocycles. The highest BCUT2D eigenvalue weighted by molar-refractivity contribution is 5.92. The summed E-state index contributed by atoms with van der Waals surface area (Å²) in [5.41, 5.74) is 1.79. The SMILES string of the molecule is O=C(O)c1ccc2nc(CN3CCC(Oc4ccnc(COc5ccc(F)cc5C(F)F)c4)CC3)n(C[C@@H]3CCO3)c2c1. The zero-order valence-electron chi connectivity index (χ0n) is 23.3. The van der Waals surface area contributed by atoms with Crippen molar-refractivity contribution < 1.29 is 37.3 Å². The lowest BCUT2D eigenvalue weighted by atomic mass is 10.1. The summed E-state index contributed by atoms with van der Waals surface area (Å²) in [5.74, 6) is -0.328. The van der Waals surface area contributed by atoms with Gasteiger partial charge in [-0.05, 0) is 61.7 Å². The van der Waals surface area contributed by atoms with E-state index in [0.717, 1.165) is 67.9 Å². The van der Waals surface area contributed by atoms with Gasteiger partial charge in [0.05, 0.1) is 47.0 Å². The van der Waals surface area contributed by atoms with Gasteiger partial charge in [0, 0.05) is 32.0 Å². The van der Waals surface area contributed by atoms with Crippen molar-refractivity contribution in [1.82, 2.24) is 19.4 Å². The Morgan fingerprint density at radius 2 is 1.91 bits per heavy atom. The summed E-state index contributed by atoms with van der Waals surface area (Å²) in [6.45, 7) is 3.50. The third-order valence-electron chi connectivity index (χ3n) is 7.83. The Kier molecular flexibility index (Phi) is 8.48. The first-order chi connectivity index (χ1) is 20.8. The number of nitrogens with zero attached hydrogens (tertiary/aromatic N) is 4. The number of aromatic carboxylic acids is 1. The molecule has 1 atom stereocenters. The molecular formula is C31H31F3N4O5. The molecule has 4 heterocycles. The van der Waals surface area contributed by atoms with Gasteiger partial charge in [-0.15, -0.1) is 0 Å². The Morgan fingerprint density at radius 1 is 1.09 bits per heavy atom. The number of halogens is 3. The Labute approximate surface area is 245 Å². The number of hydrogen-bond acceptors (Lipinski definition) is 7. The molecule has 43 heavy (non-hydrogen) atoms. The fourth-order valence-corrected chi connectivity index (χ4v) is 5.42. The molecule has 0 spiro atoms. The lowest BCUT2D eigenvalue weighted by Crippen LogP contribution is -2.39. The third-order valence-corrected chi connectivity index (χ3v) is 7.83. The van der Waals surface area contributed by atoms with Crippen LogP contribution in [0.4, 0.5) is 13.2 Å². The second kappa shape index (κ2) is 12.6. The molecule has 2 aromatic heterocycles. The van der Waals surface area contributed by atoms with Gasteiger partial charge < -0.3 is 23.9 Å². The van der Waals surface area contributed by atoms with Gasteiger partial charge in [-0.1, -0.05) is 0 Å². The van der Waals surface area contributed by atoms with Crippen LogP contribution in [0.2, 0.25) is 0 Å². The van der Waals surface area contributed by atoms with Gasteiger partial charge in [0.15, 0.2) is 0 Å². The largest absolute Gasteiger partial charge is 0.490 e. The quantitative estimate of drug-likeness (QED) is 0.238. The van der Waals surface area contributed by atoms with Gasteiger partial charge in [0.2, 0.25) is 0 Å². The smallest absolute Gasteiger partial charge is 0.335 e. The highest BCUT2D eigenvalue weighted by atomic mass is 19.3. The van der Waals surface area contributed by atoms with Gasteiger partial charge in [-0.3, -0.25) is 9.88 Å². The van der Waals surface area contributed by atoms with Crippen LogP contribution in [0.5, 0.6) is 11.5 Å². The molecule has 2 aliphatic rings. The molecule has 0 amide bonds. The molecule has 0 saturated carbocycles. The van der Waals surface area contributed by atoms with E-state index in [-0.39, 0.29) is 30.1 Å². The van der Waals surface area contributed by atoms with E-state index in [0.29, 0.717) is 24.5 Å². The highest BCUT2D eigenvalue weighted by Crippen LogP contribution is 2.31. The predicted molar refractivity (Wildman–Crippen MR) is 150 cm³/mol. The number of likely N-dealkylation sites (tertiary alicyclic amines) is 1. The third kappa shape index (κ3) is 6.75. The van der Waals surface area contributed by atoms with Crippen LogP contribution < -0.4 is 9.47 Å². The van der Waals surface area contributed by atoms with Crippen LogP contribution in [0.3, 0.4) is 0 Å². The van der Waals surface area contributed by atoms with Gasteiger partial charge in [-0.25, -0.2) is 22.9 Å². The summed E-state index contributed by atoms with van der Waals surface area (Å²) in [6.07, 6.45) is 1.34. The molecule has 226 valence electrons. The van der Waals surface area contributed by atoms with Crippen molar-refractivity contribution in [2.75, 3.05) is 19.7 Å². The van der Waals surface area contributed by atoms with E-state index in [1.807, 2.05) is 0 Å². The fraction of sp³-hybridized carbons (Fsp3) is 0.387. The van der Waals surface area contributed by atoms with Crippen molar-refractivity contribution in [3.63, 3.8) is 0 Å². The molecule has 2 fully saturated rings. The normalized spacial score (nSPS) is 17.7. The van der Waals surface area contributed by atoms with E-state index in [2.05, 4.69) is 14.5 Å². The first kappa shape index (κ1) is 28.9. The van der Waals surface area contributed by atoms with Gasteiger partial charge in [0.25, 0.3) is 6.43 Å². The predicted octanol–water partition coefficient (Wildman–Crippen LogP) is 5.62. The second-order valence-corrected chi connectivity index (χ2v) is 10.8. The summed E-state index contributed by atoms with van der Waals surface area (Å²) in [6, 6.07) is 11.5. The number of pyridine rings is 1. The van der Waals surface area contributed by atoms with Gasteiger partial charge >= 0.3 is 5.97 Å². The van der Waals surface area contributed by atoms with Gasteiger partial charge in [-0.2, -0.15) is 0 Å². The van der Waals surface area contributed by atoms with E-state index in [4.69, 9.17) is 19.2 Å². The number of piperidine rings is 1. The summed E-state index contributed by atoms with van der Waals surface area (Å²) in [4.78, 5) is 23.0. The van der Waals surface area contributed by atoms with E-state index < -0.39 is 23.8 Å². The molecule has 2 aromatic carbocycles. The lowest BCUT2D eigenvalue weighted by Gasteiger charge is -2.32. The van der Waals surface area contributed by atoms with Crippen molar-refractivity contribution in [1.29, 1.82) is 0 Å². The maximum atomic E-state index is 13.4. The average Bonchev–Trinajstić information content (AvgIpc) is 3.31. The number of benzene rings is 2. The average molecular weight is 597 g/mol. The number of rotatable bonds is 11. The van der Waals surface area contributed by atoms with E-state index in [9.17, 15) is 23.1 Å². The lowest BCUT2D eigenvalue weighted by molar-refractivity contribution is -0.0592. The van der Waals surface area contributed by atoms with Crippen LogP contribution in [-0.4, -0.2) is 62.4 Å². The summed E-state index contributed by atoms with van der Waals surface area (Å²) in [5, 5.41) is 9.48. The fourth-order valence-electron chi connectivity index (χ4n) is 5.42. The molecule has 0 bridgehead atoms. The highest BCUT2D eigenvalue weighted by Gasteiger charge is 2.26. The maximum absolute atomic E-state index is 13.4. The minimum absolute atomic E-state index is 0.0183. The Balaban J connectivity index is 1.06. The zero-order chi connectivity index (χ0) is 29.9. The van der Waals surface area contributed by atoms with Crippen LogP contribution in [0.25, 0.3) is 11.0 Å². The van der Waals surface area contributed by atoms with Crippen molar-refractivity contribution in [3.05, 3.63) is 83.2 Å². The molecule has 9 nitrogen and oxygen atoms in total. The van der Waals surface area contributed by atoms with Gasteiger partial charge in [0.1, 0.15) is 35.9 Å². The monoisotopic (exact) mass is 596 g/mol. The molecule has 4 aromatic rings. The van der Waals surface area contributed by atoms with Crippen LogP contribution in [0.1, 0.15) is 53.1 Å². The molecule has 12 heteroatoms.